The summed E-state index contributed by atoms with van der Waals surface area (Å²) in [7, 11) is 1.50. The second-order valence-electron chi connectivity index (χ2n) is 6.72. The van der Waals surface area contributed by atoms with E-state index in [9.17, 15) is 30.1 Å². The van der Waals surface area contributed by atoms with Gasteiger partial charge in [-0.15, -0.1) is 15.3 Å². The van der Waals surface area contributed by atoms with Gasteiger partial charge in [0.05, 0.1) is 27.0 Å². The Bertz CT molecular complexity index is 1480. The summed E-state index contributed by atoms with van der Waals surface area (Å²) in [6, 6.07) is 8.03. The molecule has 0 spiro atoms. The average Bonchev–Trinajstić information content (AvgIpc) is 3.34. The number of pyridine rings is 1. The van der Waals surface area contributed by atoms with E-state index in [1.807, 2.05) is 0 Å². The van der Waals surface area contributed by atoms with E-state index < -0.39 is 32.8 Å². The van der Waals surface area contributed by atoms with Gasteiger partial charge in [-0.3, -0.25) is 25.0 Å². The Labute approximate surface area is 182 Å². The Morgan fingerprint density at radius 2 is 1.91 bits per heavy atom. The number of azo groups is 1. The van der Waals surface area contributed by atoms with Gasteiger partial charge in [-0.05, 0) is 18.2 Å². The van der Waals surface area contributed by atoms with Crippen LogP contribution in [0.15, 0.2) is 57.5 Å². The largest absolute Gasteiger partial charge is 0.507 e. The van der Waals surface area contributed by atoms with Crippen molar-refractivity contribution < 1.29 is 15.0 Å². The highest BCUT2D eigenvalue weighted by Gasteiger charge is 2.28. The van der Waals surface area contributed by atoms with Crippen LogP contribution in [0.2, 0.25) is 0 Å². The first-order chi connectivity index (χ1) is 15.8. The van der Waals surface area contributed by atoms with E-state index in [-0.39, 0.29) is 22.8 Å². The molecule has 0 aliphatic carbocycles. The summed E-state index contributed by atoms with van der Waals surface area (Å²) in [6.45, 7) is 0. The first-order valence-corrected chi connectivity index (χ1v) is 9.17. The van der Waals surface area contributed by atoms with Crippen molar-refractivity contribution in [3.63, 3.8) is 0 Å². The molecule has 15 heteroatoms. The molecule has 2 heterocycles. The number of fused-ring (bicyclic) bond motifs is 1. The van der Waals surface area contributed by atoms with Crippen molar-refractivity contribution >= 4 is 28.0 Å². The van der Waals surface area contributed by atoms with Gasteiger partial charge in [-0.1, -0.05) is 17.3 Å². The number of hydrogen-bond donors (Lipinski definition) is 2. The van der Waals surface area contributed by atoms with E-state index >= 15 is 0 Å². The van der Waals surface area contributed by atoms with Gasteiger partial charge in [0, 0.05) is 18.5 Å². The monoisotopic (exact) mass is 451 g/mol. The summed E-state index contributed by atoms with van der Waals surface area (Å²) in [6.07, 6.45) is 0. The molecule has 4 rings (SSSR count). The van der Waals surface area contributed by atoms with Gasteiger partial charge < -0.3 is 9.67 Å². The topological polar surface area (TPSA) is 208 Å². The number of nitrogens with zero attached hydrogens (tertiary/aromatic N) is 8. The van der Waals surface area contributed by atoms with E-state index in [0.29, 0.717) is 10.9 Å². The molecule has 33 heavy (non-hydrogen) atoms. The Morgan fingerprint density at radius 1 is 1.15 bits per heavy atom. The molecule has 1 atom stereocenters. The van der Waals surface area contributed by atoms with Crippen LogP contribution in [-0.2, 0) is 7.05 Å². The minimum atomic E-state index is -1.39. The molecule has 0 aliphatic rings. The lowest BCUT2D eigenvalue weighted by Crippen LogP contribution is -2.24. The van der Waals surface area contributed by atoms with Crippen molar-refractivity contribution in [1.29, 1.82) is 0 Å². The highest BCUT2D eigenvalue weighted by atomic mass is 16.6. The van der Waals surface area contributed by atoms with Gasteiger partial charge in [0.2, 0.25) is 5.82 Å². The number of rotatable bonds is 6. The number of aromatic hydroxyl groups is 1. The minimum Gasteiger partial charge on any atom is -0.507 e. The van der Waals surface area contributed by atoms with Crippen LogP contribution in [0.25, 0.3) is 10.9 Å². The number of para-hydroxylation sites is 1. The summed E-state index contributed by atoms with van der Waals surface area (Å²) in [4.78, 5) is 33.8. The normalized spacial score (nSPS) is 12.3. The van der Waals surface area contributed by atoms with Crippen molar-refractivity contribution in [2.45, 2.75) is 6.04 Å². The SMILES string of the molecule is Cn1c(=O)c(C(N=Nc2ccc([N+](=O)[O-])cc2[N+](=O)[O-])c2nn[nH]n2)c(O)c2ccccc21. The summed E-state index contributed by atoms with van der Waals surface area (Å²) < 4.78 is 1.29. The number of nitro groups is 2. The zero-order valence-corrected chi connectivity index (χ0v) is 16.7. The lowest BCUT2D eigenvalue weighted by Gasteiger charge is -2.14. The molecule has 15 nitrogen and oxygen atoms in total. The molecule has 0 radical (unpaired) electrons. The van der Waals surface area contributed by atoms with Crippen LogP contribution in [0, 0.1) is 20.2 Å². The zero-order chi connectivity index (χ0) is 23.7. The van der Waals surface area contributed by atoms with E-state index in [4.69, 9.17) is 0 Å². The Hall–Kier alpha value is -5.08. The third kappa shape index (κ3) is 3.73. The van der Waals surface area contributed by atoms with E-state index in [2.05, 4.69) is 30.9 Å². The van der Waals surface area contributed by atoms with Crippen LogP contribution in [0.1, 0.15) is 17.4 Å². The second kappa shape index (κ2) is 8.22. The number of hydrogen-bond acceptors (Lipinski definition) is 11. The van der Waals surface area contributed by atoms with Crippen LogP contribution in [0.5, 0.6) is 5.75 Å². The number of non-ortho nitro benzene ring substituents is 1. The van der Waals surface area contributed by atoms with Crippen LogP contribution < -0.4 is 5.56 Å². The van der Waals surface area contributed by atoms with Crippen LogP contribution in [0.4, 0.5) is 17.1 Å². The second-order valence-corrected chi connectivity index (χ2v) is 6.72. The Balaban J connectivity index is 1.91. The summed E-state index contributed by atoms with van der Waals surface area (Å²) in [5.41, 5.74) is -1.88. The third-order valence-corrected chi connectivity index (χ3v) is 4.84. The van der Waals surface area contributed by atoms with E-state index in [0.717, 1.165) is 18.2 Å². The summed E-state index contributed by atoms with van der Waals surface area (Å²) in [5, 5.41) is 54.6. The van der Waals surface area contributed by atoms with Gasteiger partial charge in [0.1, 0.15) is 5.75 Å². The van der Waals surface area contributed by atoms with Gasteiger partial charge >= 0.3 is 5.69 Å². The quantitative estimate of drug-likeness (QED) is 0.250. The van der Waals surface area contributed by atoms with E-state index in [1.54, 1.807) is 24.3 Å². The highest BCUT2D eigenvalue weighted by molar-refractivity contribution is 5.86. The predicted molar refractivity (Wildman–Crippen MR) is 111 cm³/mol. The first-order valence-electron chi connectivity index (χ1n) is 9.17. The molecular weight excluding hydrogens is 438 g/mol. The number of benzene rings is 2. The van der Waals surface area contributed by atoms with Gasteiger partial charge in [0.15, 0.2) is 11.7 Å². The van der Waals surface area contributed by atoms with Gasteiger partial charge in [-0.25, -0.2) is 0 Å². The molecule has 2 N–H and O–H groups in total. The molecule has 166 valence electrons. The molecule has 0 amide bonds. The molecular formula is C18H13N9O6. The fourth-order valence-corrected chi connectivity index (χ4v) is 3.25. The van der Waals surface area contributed by atoms with Crippen molar-refractivity contribution in [3.05, 3.63) is 84.4 Å². The Kier molecular flexibility index (Phi) is 5.27. The molecule has 4 aromatic rings. The maximum Gasteiger partial charge on any atom is 0.303 e. The van der Waals surface area contributed by atoms with Crippen molar-refractivity contribution in [1.82, 2.24) is 25.2 Å². The van der Waals surface area contributed by atoms with E-state index in [1.165, 1.54) is 11.6 Å². The van der Waals surface area contributed by atoms with Crippen molar-refractivity contribution in [3.8, 4) is 5.75 Å². The smallest absolute Gasteiger partial charge is 0.303 e. The molecule has 0 saturated carbocycles. The lowest BCUT2D eigenvalue weighted by molar-refractivity contribution is -0.393. The third-order valence-electron chi connectivity index (χ3n) is 4.84. The first kappa shape index (κ1) is 21.2. The number of nitrogens with one attached hydrogen (secondary N) is 1. The number of aromatic nitrogens is 5. The minimum absolute atomic E-state index is 0.133. The highest BCUT2D eigenvalue weighted by Crippen LogP contribution is 2.36. The molecule has 0 bridgehead atoms. The lowest BCUT2D eigenvalue weighted by atomic mass is 10.0. The zero-order valence-electron chi connectivity index (χ0n) is 16.7. The number of aromatic amines is 1. The van der Waals surface area contributed by atoms with Crippen LogP contribution in [0.3, 0.4) is 0 Å². The Morgan fingerprint density at radius 3 is 2.58 bits per heavy atom. The van der Waals surface area contributed by atoms with Crippen LogP contribution >= 0.6 is 0 Å². The summed E-state index contributed by atoms with van der Waals surface area (Å²) in [5.74, 6) is -0.522. The molecule has 0 aliphatic heterocycles. The fourth-order valence-electron chi connectivity index (χ4n) is 3.25. The van der Waals surface area contributed by atoms with Crippen molar-refractivity contribution in [2.24, 2.45) is 17.3 Å². The molecule has 0 fully saturated rings. The standard InChI is InChI=1S/C18H13N9O6/c1-25-12-5-3-2-4-10(12)16(28)14(18(25)29)15(17-21-23-24-22-17)20-19-11-7-6-9(26(30)31)8-13(11)27(32)33/h2-8,15,28H,1H3,(H,21,22,23,24). The number of tetrazole rings is 1. The average molecular weight is 451 g/mol. The van der Waals surface area contributed by atoms with Gasteiger partial charge in [0.25, 0.3) is 11.2 Å². The molecule has 2 aromatic heterocycles. The maximum atomic E-state index is 13.1. The predicted octanol–water partition coefficient (Wildman–Crippen LogP) is 2.45. The van der Waals surface area contributed by atoms with Crippen molar-refractivity contribution in [2.75, 3.05) is 0 Å². The number of nitro benzene ring substituents is 2. The molecule has 1 unspecified atom stereocenters. The number of H-pyrrole nitrogens is 1. The van der Waals surface area contributed by atoms with Gasteiger partial charge in [-0.2, -0.15) is 10.3 Å². The van der Waals surface area contributed by atoms with Crippen LogP contribution in [-0.4, -0.2) is 40.1 Å². The fraction of sp³-hybridized carbons (Fsp3) is 0.111. The maximum absolute atomic E-state index is 13.1. The number of aryl methyl sites for hydroxylation is 1. The molecule has 0 saturated heterocycles. The summed E-state index contributed by atoms with van der Waals surface area (Å²) >= 11 is 0. The molecule has 2 aromatic carbocycles.